The van der Waals surface area contributed by atoms with E-state index in [0.717, 1.165) is 18.4 Å². The first-order valence-corrected chi connectivity index (χ1v) is 13.0. The molecule has 1 fully saturated rings. The predicted octanol–water partition coefficient (Wildman–Crippen LogP) is 5.40. The van der Waals surface area contributed by atoms with E-state index in [-0.39, 0.29) is 30.6 Å². The molecule has 1 amide bonds. The van der Waals surface area contributed by atoms with Crippen LogP contribution in [0.1, 0.15) is 46.8 Å². The molecule has 0 radical (unpaired) electrons. The van der Waals surface area contributed by atoms with Gasteiger partial charge < -0.3 is 10.6 Å². The summed E-state index contributed by atoms with van der Waals surface area (Å²) in [4.78, 5) is 35.0. The van der Waals surface area contributed by atoms with E-state index in [1.165, 1.54) is 12.4 Å². The molecule has 5 rings (SSSR count). The fourth-order valence-electron chi connectivity index (χ4n) is 5.07. The molecule has 0 saturated carbocycles. The Kier molecular flexibility index (Phi) is 7.57. The normalized spacial score (nSPS) is 15.7. The number of anilines is 1. The van der Waals surface area contributed by atoms with E-state index in [0.29, 0.717) is 53.6 Å². The van der Waals surface area contributed by atoms with E-state index in [2.05, 4.69) is 16.5 Å². The number of likely N-dealkylation sites (tertiary alicyclic amines) is 1. The number of carbonyl (C=O) groups is 2. The fourth-order valence-corrected chi connectivity index (χ4v) is 5.07. The minimum Gasteiger partial charge on any atom is -0.383 e. The maximum atomic E-state index is 14.1. The number of piperidine rings is 1. The fraction of sp³-hybridized carbons (Fsp3) is 0.276. The van der Waals surface area contributed by atoms with E-state index in [1.807, 2.05) is 0 Å². The van der Waals surface area contributed by atoms with Crippen LogP contribution in [0.3, 0.4) is 0 Å². The van der Waals surface area contributed by atoms with E-state index in [4.69, 9.17) is 10.8 Å². The number of aryl methyl sites for hydroxylation is 1. The van der Waals surface area contributed by atoms with Gasteiger partial charge >= 0.3 is 6.18 Å². The van der Waals surface area contributed by atoms with Gasteiger partial charge in [-0.1, -0.05) is 30.8 Å². The average molecular weight is 567 g/mol. The van der Waals surface area contributed by atoms with Gasteiger partial charge in [0, 0.05) is 25.1 Å². The highest BCUT2D eigenvalue weighted by atomic mass is 19.4. The van der Waals surface area contributed by atoms with Crippen LogP contribution in [0.25, 0.3) is 22.3 Å². The lowest BCUT2D eigenvalue weighted by Crippen LogP contribution is -2.40. The Balaban J connectivity index is 1.37. The summed E-state index contributed by atoms with van der Waals surface area (Å²) in [7, 11) is 0. The molecule has 2 aromatic carbocycles. The Morgan fingerprint density at radius 3 is 2.59 bits per heavy atom. The number of halogens is 4. The van der Waals surface area contributed by atoms with Gasteiger partial charge in [-0.3, -0.25) is 9.59 Å². The van der Waals surface area contributed by atoms with Crippen molar-refractivity contribution in [3.63, 3.8) is 0 Å². The highest BCUT2D eigenvalue weighted by Crippen LogP contribution is 2.34. The minimum atomic E-state index is -4.68. The van der Waals surface area contributed by atoms with Crippen LogP contribution in [0.5, 0.6) is 0 Å². The SMILES string of the molecule is C=CC(=O)N1CCC[C@@H](n2nc(-c3ccc(CCC(=O)c4cc(C(F)(F)F)ccc4F)cc3)c3c(N)ncnc32)C1. The standard InChI is InChI=1S/C29H26F4N6O2/c1-2-24(41)38-13-3-4-20(15-38)39-28-25(27(34)35-16-36-28)26(37-39)18-8-5-17(6-9-18)7-12-23(40)21-14-19(29(31,32)33)10-11-22(21)30/h2,5-6,8-11,14,16,20H,1,3-4,7,12-13,15H2,(H2,34,35,36)/t20-/m1/s1. The van der Waals surface area contributed by atoms with Gasteiger partial charge in [0.2, 0.25) is 5.91 Å². The lowest BCUT2D eigenvalue weighted by Gasteiger charge is -2.32. The minimum absolute atomic E-state index is 0.125. The number of rotatable bonds is 7. The molecule has 212 valence electrons. The molecular weight excluding hydrogens is 540 g/mol. The molecule has 0 spiro atoms. The number of hydrogen-bond acceptors (Lipinski definition) is 6. The second-order valence-corrected chi connectivity index (χ2v) is 9.85. The molecule has 12 heteroatoms. The third kappa shape index (κ3) is 5.67. The maximum Gasteiger partial charge on any atom is 0.416 e. The first-order valence-electron chi connectivity index (χ1n) is 13.0. The third-order valence-electron chi connectivity index (χ3n) is 7.21. The molecule has 1 aliphatic heterocycles. The molecule has 2 N–H and O–H groups in total. The van der Waals surface area contributed by atoms with Crippen molar-refractivity contribution in [2.75, 3.05) is 18.8 Å². The highest BCUT2D eigenvalue weighted by molar-refractivity contribution is 5.98. The number of carbonyl (C=O) groups excluding carboxylic acids is 2. The zero-order valence-corrected chi connectivity index (χ0v) is 21.9. The monoisotopic (exact) mass is 566 g/mol. The van der Waals surface area contributed by atoms with Crippen LogP contribution in [-0.4, -0.2) is 49.4 Å². The third-order valence-corrected chi connectivity index (χ3v) is 7.21. The van der Waals surface area contributed by atoms with Gasteiger partial charge in [-0.15, -0.1) is 0 Å². The van der Waals surface area contributed by atoms with Crippen molar-refractivity contribution in [1.29, 1.82) is 0 Å². The second-order valence-electron chi connectivity index (χ2n) is 9.85. The number of aromatic nitrogens is 4. The van der Waals surface area contributed by atoms with Crippen LogP contribution in [0.4, 0.5) is 23.4 Å². The lowest BCUT2D eigenvalue weighted by atomic mass is 9.99. The van der Waals surface area contributed by atoms with Crippen molar-refractivity contribution < 1.29 is 27.2 Å². The molecular formula is C29H26F4N6O2. The quantitative estimate of drug-likeness (QED) is 0.182. The van der Waals surface area contributed by atoms with Gasteiger partial charge in [0.25, 0.3) is 0 Å². The first kappa shape index (κ1) is 27.9. The smallest absolute Gasteiger partial charge is 0.383 e. The Labute approximate surface area is 232 Å². The van der Waals surface area contributed by atoms with Crippen LogP contribution < -0.4 is 5.73 Å². The van der Waals surface area contributed by atoms with E-state index in [9.17, 15) is 27.2 Å². The van der Waals surface area contributed by atoms with Gasteiger partial charge in [0.15, 0.2) is 11.4 Å². The lowest BCUT2D eigenvalue weighted by molar-refractivity contribution is -0.137. The summed E-state index contributed by atoms with van der Waals surface area (Å²) in [6.45, 7) is 4.66. The largest absolute Gasteiger partial charge is 0.416 e. The summed E-state index contributed by atoms with van der Waals surface area (Å²) >= 11 is 0. The van der Waals surface area contributed by atoms with Crippen LogP contribution in [0.15, 0.2) is 61.4 Å². The van der Waals surface area contributed by atoms with E-state index < -0.39 is 28.9 Å². The number of amides is 1. The first-order chi connectivity index (χ1) is 19.6. The molecule has 1 aliphatic rings. The number of Topliss-reactive ketones (excluding diaryl/α,β-unsaturated/α-hetero) is 1. The summed E-state index contributed by atoms with van der Waals surface area (Å²) in [6.07, 6.45) is -0.409. The molecule has 8 nitrogen and oxygen atoms in total. The van der Waals surface area contributed by atoms with E-state index in [1.54, 1.807) is 33.8 Å². The average Bonchev–Trinajstić information content (AvgIpc) is 3.36. The van der Waals surface area contributed by atoms with Gasteiger partial charge in [0.1, 0.15) is 23.7 Å². The maximum absolute atomic E-state index is 14.1. The Morgan fingerprint density at radius 2 is 1.88 bits per heavy atom. The van der Waals surface area contributed by atoms with Crippen molar-refractivity contribution in [2.24, 2.45) is 0 Å². The number of nitrogen functional groups attached to an aromatic ring is 1. The van der Waals surface area contributed by atoms with Crippen LogP contribution in [0.2, 0.25) is 0 Å². The zero-order chi connectivity index (χ0) is 29.3. The molecule has 1 atom stereocenters. The summed E-state index contributed by atoms with van der Waals surface area (Å²) in [5.41, 5.74) is 7.11. The number of ketones is 1. The van der Waals surface area contributed by atoms with Crippen LogP contribution in [-0.2, 0) is 17.4 Å². The topological polar surface area (TPSA) is 107 Å². The van der Waals surface area contributed by atoms with Gasteiger partial charge in [-0.2, -0.15) is 18.3 Å². The Hall–Kier alpha value is -4.61. The number of nitrogens with zero attached hydrogens (tertiary/aromatic N) is 5. The second kappa shape index (κ2) is 11.1. The Bertz CT molecular complexity index is 1630. The molecule has 0 aliphatic carbocycles. The number of nitrogens with two attached hydrogens (primary N) is 1. The molecule has 4 aromatic rings. The number of hydrogen-bond donors (Lipinski definition) is 1. The molecule has 2 aromatic heterocycles. The predicted molar refractivity (Wildman–Crippen MR) is 144 cm³/mol. The van der Waals surface area contributed by atoms with Gasteiger partial charge in [-0.25, -0.2) is 19.0 Å². The molecule has 41 heavy (non-hydrogen) atoms. The van der Waals surface area contributed by atoms with E-state index >= 15 is 0 Å². The van der Waals surface area contributed by atoms with Crippen molar-refractivity contribution in [3.8, 4) is 11.3 Å². The van der Waals surface area contributed by atoms with Crippen molar-refractivity contribution in [1.82, 2.24) is 24.6 Å². The molecule has 1 saturated heterocycles. The van der Waals surface area contributed by atoms with Crippen molar-refractivity contribution >= 4 is 28.5 Å². The zero-order valence-electron chi connectivity index (χ0n) is 21.9. The van der Waals surface area contributed by atoms with Crippen LogP contribution >= 0.6 is 0 Å². The van der Waals surface area contributed by atoms with Crippen LogP contribution in [0, 0.1) is 5.82 Å². The molecule has 3 heterocycles. The Morgan fingerprint density at radius 1 is 1.12 bits per heavy atom. The number of benzene rings is 2. The summed E-state index contributed by atoms with van der Waals surface area (Å²) in [6, 6.07) is 8.80. The highest BCUT2D eigenvalue weighted by Gasteiger charge is 2.32. The number of alkyl halides is 3. The summed E-state index contributed by atoms with van der Waals surface area (Å²) in [5.74, 6) is -1.60. The van der Waals surface area contributed by atoms with Crippen molar-refractivity contribution in [2.45, 2.75) is 37.9 Å². The van der Waals surface area contributed by atoms with Gasteiger partial charge in [0.05, 0.1) is 22.6 Å². The summed E-state index contributed by atoms with van der Waals surface area (Å²) in [5, 5.41) is 5.40. The van der Waals surface area contributed by atoms with Crippen molar-refractivity contribution in [3.05, 3.63) is 84.0 Å². The molecule has 0 bridgehead atoms. The molecule has 0 unspecified atom stereocenters. The van der Waals surface area contributed by atoms with Gasteiger partial charge in [-0.05, 0) is 49.1 Å². The summed E-state index contributed by atoms with van der Waals surface area (Å²) < 4.78 is 54.9. The number of fused-ring (bicyclic) bond motifs is 1.